The highest BCUT2D eigenvalue weighted by atomic mass is 35.5. The molecule has 2 amide bonds. The third kappa shape index (κ3) is 3.84. The van der Waals surface area contributed by atoms with E-state index in [1.165, 1.54) is 4.90 Å². The van der Waals surface area contributed by atoms with Gasteiger partial charge in [0.05, 0.1) is 6.61 Å². The average molecular weight is 325 g/mol. The summed E-state index contributed by atoms with van der Waals surface area (Å²) in [5.74, 6) is -1.56. The van der Waals surface area contributed by atoms with Gasteiger partial charge in [-0.05, 0) is 24.1 Å². The molecule has 0 bridgehead atoms. The number of carbonyl (C=O) groups excluding carboxylic acids is 3. The van der Waals surface area contributed by atoms with Crippen molar-refractivity contribution in [3.63, 3.8) is 0 Å². The zero-order chi connectivity index (χ0) is 16.1. The highest BCUT2D eigenvalue weighted by molar-refractivity contribution is 6.38. The first kappa shape index (κ1) is 16.5. The Balaban J connectivity index is 2.07. The number of hydrogen-bond acceptors (Lipinski definition) is 4. The fourth-order valence-electron chi connectivity index (χ4n) is 2.40. The van der Waals surface area contributed by atoms with Crippen LogP contribution in [0, 0.1) is 0 Å². The summed E-state index contributed by atoms with van der Waals surface area (Å²) in [5, 5.41) is 11.6. The number of benzene rings is 1. The molecule has 22 heavy (non-hydrogen) atoms. The van der Waals surface area contributed by atoms with Crippen molar-refractivity contribution in [1.82, 2.24) is 10.2 Å². The summed E-state index contributed by atoms with van der Waals surface area (Å²) in [7, 11) is 0. The molecule has 1 atom stereocenters. The molecule has 1 saturated heterocycles. The summed E-state index contributed by atoms with van der Waals surface area (Å²) in [6.45, 7) is 0.0409. The number of carbonyl (C=O) groups is 3. The van der Waals surface area contributed by atoms with Gasteiger partial charge in [-0.15, -0.1) is 0 Å². The van der Waals surface area contributed by atoms with Crippen LogP contribution in [0.5, 0.6) is 0 Å². The number of halogens is 1. The van der Waals surface area contributed by atoms with Gasteiger partial charge >= 0.3 is 0 Å². The van der Waals surface area contributed by atoms with Gasteiger partial charge in [0.25, 0.3) is 5.91 Å². The van der Waals surface area contributed by atoms with Crippen molar-refractivity contribution >= 4 is 29.2 Å². The minimum absolute atomic E-state index is 0.0163. The third-order valence-electron chi connectivity index (χ3n) is 3.52. The van der Waals surface area contributed by atoms with E-state index in [0.717, 1.165) is 5.56 Å². The van der Waals surface area contributed by atoms with E-state index in [9.17, 15) is 14.4 Å². The van der Waals surface area contributed by atoms with E-state index in [4.69, 9.17) is 16.7 Å². The quantitative estimate of drug-likeness (QED) is 0.746. The molecule has 0 aromatic heterocycles. The van der Waals surface area contributed by atoms with Gasteiger partial charge in [0.15, 0.2) is 0 Å². The van der Waals surface area contributed by atoms with Crippen molar-refractivity contribution in [2.24, 2.45) is 0 Å². The largest absolute Gasteiger partial charge is 0.395 e. The second kappa shape index (κ2) is 7.38. The second-order valence-electron chi connectivity index (χ2n) is 5.05. The first-order valence-corrected chi connectivity index (χ1v) is 7.37. The number of hydrogen-bond donors (Lipinski definition) is 2. The van der Waals surface area contributed by atoms with Gasteiger partial charge < -0.3 is 15.3 Å². The van der Waals surface area contributed by atoms with Gasteiger partial charge in [-0.3, -0.25) is 14.4 Å². The van der Waals surface area contributed by atoms with Crippen molar-refractivity contribution in [2.45, 2.75) is 25.4 Å². The molecule has 1 aliphatic heterocycles. The highest BCUT2D eigenvalue weighted by Gasteiger charge is 2.38. The van der Waals surface area contributed by atoms with Gasteiger partial charge in [-0.2, -0.15) is 0 Å². The zero-order valence-corrected chi connectivity index (χ0v) is 12.7. The van der Waals surface area contributed by atoms with E-state index in [-0.39, 0.29) is 32.0 Å². The number of likely N-dealkylation sites (tertiary alicyclic amines) is 1. The zero-order valence-electron chi connectivity index (χ0n) is 11.9. The fourth-order valence-corrected chi connectivity index (χ4v) is 2.52. The molecule has 0 spiro atoms. The molecule has 0 saturated carbocycles. The Kier molecular flexibility index (Phi) is 5.51. The lowest BCUT2D eigenvalue weighted by Gasteiger charge is -2.23. The standard InChI is InChI=1S/C15H17ClN2O4/c16-11-3-1-10(2-4-11)9-18-12(5-6-13(18)20)14(21)15(22)17-7-8-19/h1-4,12,19H,5-9H2,(H,17,22). The molecule has 0 aliphatic carbocycles. The van der Waals surface area contributed by atoms with E-state index in [2.05, 4.69) is 5.32 Å². The molecule has 1 aromatic carbocycles. The van der Waals surface area contributed by atoms with E-state index in [1.807, 2.05) is 0 Å². The Morgan fingerprint density at radius 1 is 1.32 bits per heavy atom. The van der Waals surface area contributed by atoms with Crippen LogP contribution in [-0.2, 0) is 20.9 Å². The summed E-state index contributed by atoms with van der Waals surface area (Å²) in [6.07, 6.45) is 0.578. The number of Topliss-reactive ketones (excluding diaryl/α,β-unsaturated/α-hetero) is 1. The van der Waals surface area contributed by atoms with Crippen LogP contribution in [0.3, 0.4) is 0 Å². The van der Waals surface area contributed by atoms with Crippen LogP contribution in [0.1, 0.15) is 18.4 Å². The Bertz CT molecular complexity index is 573. The molecule has 2 rings (SSSR count). The minimum Gasteiger partial charge on any atom is -0.395 e. The first-order valence-electron chi connectivity index (χ1n) is 6.99. The Hall–Kier alpha value is -1.92. The molecule has 6 nitrogen and oxygen atoms in total. The van der Waals surface area contributed by atoms with Gasteiger partial charge in [-0.25, -0.2) is 0 Å². The third-order valence-corrected chi connectivity index (χ3v) is 3.77. The lowest BCUT2D eigenvalue weighted by atomic mass is 10.1. The number of aliphatic hydroxyl groups excluding tert-OH is 1. The Morgan fingerprint density at radius 2 is 2.00 bits per heavy atom. The Morgan fingerprint density at radius 3 is 2.64 bits per heavy atom. The predicted molar refractivity (Wildman–Crippen MR) is 80.1 cm³/mol. The van der Waals surface area contributed by atoms with Crippen LogP contribution in [-0.4, -0.2) is 46.8 Å². The van der Waals surface area contributed by atoms with Crippen LogP contribution in [0.15, 0.2) is 24.3 Å². The molecule has 7 heteroatoms. The van der Waals surface area contributed by atoms with Crippen LogP contribution in [0.2, 0.25) is 5.02 Å². The number of ketones is 1. The van der Waals surface area contributed by atoms with E-state index in [0.29, 0.717) is 11.4 Å². The van der Waals surface area contributed by atoms with Crippen LogP contribution >= 0.6 is 11.6 Å². The van der Waals surface area contributed by atoms with Crippen molar-refractivity contribution in [1.29, 1.82) is 0 Å². The smallest absolute Gasteiger partial charge is 0.289 e. The highest BCUT2D eigenvalue weighted by Crippen LogP contribution is 2.23. The summed E-state index contributed by atoms with van der Waals surface area (Å²) in [4.78, 5) is 37.2. The number of amides is 2. The van der Waals surface area contributed by atoms with Gasteiger partial charge in [0, 0.05) is 24.5 Å². The van der Waals surface area contributed by atoms with E-state index < -0.39 is 17.7 Å². The summed E-state index contributed by atoms with van der Waals surface area (Å²) in [5.41, 5.74) is 0.841. The van der Waals surface area contributed by atoms with Crippen molar-refractivity contribution in [2.75, 3.05) is 13.2 Å². The number of rotatable bonds is 6. The summed E-state index contributed by atoms with van der Waals surface area (Å²) < 4.78 is 0. The predicted octanol–water partition coefficient (Wildman–Crippen LogP) is 0.509. The van der Waals surface area contributed by atoms with Crippen LogP contribution < -0.4 is 5.32 Å². The maximum atomic E-state index is 12.1. The Labute approximate surface area is 133 Å². The first-order chi connectivity index (χ1) is 10.5. The number of aliphatic hydroxyl groups is 1. The van der Waals surface area contributed by atoms with Crippen molar-refractivity contribution in [3.05, 3.63) is 34.9 Å². The molecule has 118 valence electrons. The SMILES string of the molecule is O=C(NCCO)C(=O)C1CCC(=O)N1Cc1ccc(Cl)cc1. The van der Waals surface area contributed by atoms with Crippen molar-refractivity contribution < 1.29 is 19.5 Å². The lowest BCUT2D eigenvalue weighted by molar-refractivity contribution is -0.143. The van der Waals surface area contributed by atoms with Crippen LogP contribution in [0.25, 0.3) is 0 Å². The van der Waals surface area contributed by atoms with E-state index in [1.54, 1.807) is 24.3 Å². The second-order valence-corrected chi connectivity index (χ2v) is 5.48. The maximum absolute atomic E-state index is 12.1. The molecule has 0 radical (unpaired) electrons. The van der Waals surface area contributed by atoms with Crippen LogP contribution in [0.4, 0.5) is 0 Å². The van der Waals surface area contributed by atoms with Gasteiger partial charge in [0.1, 0.15) is 6.04 Å². The number of nitrogens with zero attached hydrogens (tertiary/aromatic N) is 1. The molecule has 1 heterocycles. The summed E-state index contributed by atoms with van der Waals surface area (Å²) in [6, 6.07) is 6.23. The maximum Gasteiger partial charge on any atom is 0.289 e. The molecule has 2 N–H and O–H groups in total. The van der Waals surface area contributed by atoms with Gasteiger partial charge in [0.2, 0.25) is 11.7 Å². The molecular weight excluding hydrogens is 308 g/mol. The molecule has 1 fully saturated rings. The molecule has 1 unspecified atom stereocenters. The lowest BCUT2D eigenvalue weighted by Crippen LogP contribution is -2.45. The van der Waals surface area contributed by atoms with E-state index >= 15 is 0 Å². The molecule has 1 aliphatic rings. The normalized spacial score (nSPS) is 17.6. The summed E-state index contributed by atoms with van der Waals surface area (Å²) >= 11 is 5.82. The monoisotopic (exact) mass is 324 g/mol. The molecule has 1 aromatic rings. The topological polar surface area (TPSA) is 86.7 Å². The number of nitrogens with one attached hydrogen (secondary N) is 1. The fraction of sp³-hybridized carbons (Fsp3) is 0.400. The van der Waals surface area contributed by atoms with Gasteiger partial charge in [-0.1, -0.05) is 23.7 Å². The van der Waals surface area contributed by atoms with Crippen molar-refractivity contribution in [3.8, 4) is 0 Å². The molecular formula is C15H17ClN2O4. The minimum atomic E-state index is -0.769. The average Bonchev–Trinajstić information content (AvgIpc) is 2.87.